The van der Waals surface area contributed by atoms with E-state index in [9.17, 15) is 14.9 Å². The highest BCUT2D eigenvalue weighted by Crippen LogP contribution is 2.25. The summed E-state index contributed by atoms with van der Waals surface area (Å²) in [4.78, 5) is 29.2. The zero-order chi connectivity index (χ0) is 17.8. The molecule has 3 heterocycles. The molecule has 0 bridgehead atoms. The highest BCUT2D eigenvalue weighted by atomic mass is 16.6. The number of pyridine rings is 1. The molecular formula is C17H25N5O3. The zero-order valence-electron chi connectivity index (χ0n) is 14.5. The number of rotatable bonds is 5. The van der Waals surface area contributed by atoms with Crippen molar-refractivity contribution in [3.63, 3.8) is 0 Å². The van der Waals surface area contributed by atoms with Gasteiger partial charge in [-0.05, 0) is 51.1 Å². The Morgan fingerprint density at radius 2 is 2.28 bits per heavy atom. The van der Waals surface area contributed by atoms with E-state index in [0.29, 0.717) is 18.2 Å². The smallest absolute Gasteiger partial charge is 0.290 e. The van der Waals surface area contributed by atoms with Crippen LogP contribution in [0.2, 0.25) is 0 Å². The molecule has 1 amide bonds. The second kappa shape index (κ2) is 7.77. The molecule has 0 saturated carbocycles. The second-order valence-electron chi connectivity index (χ2n) is 6.88. The molecule has 2 saturated heterocycles. The Balaban J connectivity index is 1.56. The summed E-state index contributed by atoms with van der Waals surface area (Å²) in [5.41, 5.74) is 0.485. The molecule has 0 spiro atoms. The van der Waals surface area contributed by atoms with Crippen LogP contribution in [0.4, 0.5) is 11.5 Å². The number of piperidine rings is 1. The largest absolute Gasteiger partial charge is 0.356 e. The number of carbonyl (C=O) groups is 1. The topological polar surface area (TPSA) is 100 Å². The van der Waals surface area contributed by atoms with Crippen LogP contribution in [-0.4, -0.2) is 48.0 Å². The molecule has 25 heavy (non-hydrogen) atoms. The molecule has 2 aliphatic heterocycles. The van der Waals surface area contributed by atoms with Crippen LogP contribution in [0, 0.1) is 23.0 Å². The van der Waals surface area contributed by atoms with E-state index in [1.807, 2.05) is 0 Å². The highest BCUT2D eigenvalue weighted by molar-refractivity contribution is 5.82. The minimum Gasteiger partial charge on any atom is -0.356 e. The fourth-order valence-electron chi connectivity index (χ4n) is 3.63. The quantitative estimate of drug-likeness (QED) is 0.616. The van der Waals surface area contributed by atoms with Crippen LogP contribution in [0.25, 0.3) is 0 Å². The number of nitrogens with one attached hydrogen (secondary N) is 2. The number of hydrogen-bond acceptors (Lipinski definition) is 6. The molecule has 8 nitrogen and oxygen atoms in total. The molecule has 0 aliphatic carbocycles. The molecular weight excluding hydrogens is 322 g/mol. The van der Waals surface area contributed by atoms with E-state index in [-0.39, 0.29) is 17.6 Å². The van der Waals surface area contributed by atoms with Gasteiger partial charge in [0.05, 0.1) is 11.0 Å². The van der Waals surface area contributed by atoms with Crippen LogP contribution < -0.4 is 15.5 Å². The maximum absolute atomic E-state index is 12.1. The monoisotopic (exact) mass is 347 g/mol. The van der Waals surface area contributed by atoms with Gasteiger partial charge in [0.1, 0.15) is 11.5 Å². The van der Waals surface area contributed by atoms with Crippen molar-refractivity contribution < 1.29 is 9.72 Å². The number of nitro groups is 1. The van der Waals surface area contributed by atoms with Crippen LogP contribution in [0.3, 0.4) is 0 Å². The summed E-state index contributed by atoms with van der Waals surface area (Å²) in [7, 11) is 0. The summed E-state index contributed by atoms with van der Waals surface area (Å²) in [6.45, 7) is 4.94. The van der Waals surface area contributed by atoms with Crippen LogP contribution in [0.15, 0.2) is 12.1 Å². The maximum atomic E-state index is 12.1. The predicted octanol–water partition coefficient (Wildman–Crippen LogP) is 1.38. The Kier molecular flexibility index (Phi) is 5.47. The lowest BCUT2D eigenvalue weighted by molar-refractivity contribution is -0.385. The van der Waals surface area contributed by atoms with E-state index in [1.54, 1.807) is 13.0 Å². The third-order valence-electron chi connectivity index (χ3n) is 5.02. The van der Waals surface area contributed by atoms with Gasteiger partial charge in [-0.2, -0.15) is 0 Å². The average molecular weight is 347 g/mol. The van der Waals surface area contributed by atoms with E-state index in [0.717, 1.165) is 51.1 Å². The number of anilines is 1. The summed E-state index contributed by atoms with van der Waals surface area (Å²) in [5.74, 6) is 1.24. The average Bonchev–Trinajstić information content (AvgIpc) is 3.14. The first-order valence-electron chi connectivity index (χ1n) is 8.92. The maximum Gasteiger partial charge on any atom is 0.290 e. The van der Waals surface area contributed by atoms with Crippen molar-refractivity contribution in [1.29, 1.82) is 0 Å². The molecule has 1 aromatic heterocycles. The molecule has 136 valence electrons. The van der Waals surface area contributed by atoms with Gasteiger partial charge in [-0.3, -0.25) is 14.9 Å². The molecule has 1 aromatic rings. The summed E-state index contributed by atoms with van der Waals surface area (Å²) >= 11 is 0. The summed E-state index contributed by atoms with van der Waals surface area (Å²) in [6.07, 6.45) is 4.07. The van der Waals surface area contributed by atoms with Crippen molar-refractivity contribution >= 4 is 17.4 Å². The number of nitrogens with zero attached hydrogens (tertiary/aromatic N) is 3. The molecule has 2 N–H and O–H groups in total. The van der Waals surface area contributed by atoms with Gasteiger partial charge in [0.25, 0.3) is 5.69 Å². The summed E-state index contributed by atoms with van der Waals surface area (Å²) in [6, 6.07) is 3.20. The molecule has 8 heteroatoms. The first kappa shape index (κ1) is 17.6. The van der Waals surface area contributed by atoms with Crippen molar-refractivity contribution in [1.82, 2.24) is 15.6 Å². The SMILES string of the molecule is Cc1nc(N2CCCC(CNC(=O)C3CCCN3)C2)ccc1[N+](=O)[O-]. The Labute approximate surface area is 147 Å². The first-order valence-corrected chi connectivity index (χ1v) is 8.92. The molecule has 2 unspecified atom stereocenters. The molecule has 0 radical (unpaired) electrons. The van der Waals surface area contributed by atoms with Gasteiger partial charge in [0.2, 0.25) is 5.91 Å². The van der Waals surface area contributed by atoms with E-state index in [2.05, 4.69) is 20.5 Å². The Hall–Kier alpha value is -2.22. The number of amides is 1. The van der Waals surface area contributed by atoms with Crippen molar-refractivity contribution in [2.24, 2.45) is 5.92 Å². The van der Waals surface area contributed by atoms with Crippen LogP contribution >= 0.6 is 0 Å². The summed E-state index contributed by atoms with van der Waals surface area (Å²) < 4.78 is 0. The number of carbonyl (C=O) groups excluding carboxylic acids is 1. The predicted molar refractivity (Wildman–Crippen MR) is 94.6 cm³/mol. The highest BCUT2D eigenvalue weighted by Gasteiger charge is 2.25. The molecule has 2 atom stereocenters. The normalized spacial score (nSPS) is 23.5. The summed E-state index contributed by atoms with van der Waals surface area (Å²) in [5, 5.41) is 17.2. The van der Waals surface area contributed by atoms with Crippen molar-refractivity contribution in [3.05, 3.63) is 27.9 Å². The van der Waals surface area contributed by atoms with Gasteiger partial charge >= 0.3 is 0 Å². The Bertz CT molecular complexity index is 645. The van der Waals surface area contributed by atoms with Gasteiger partial charge < -0.3 is 15.5 Å². The van der Waals surface area contributed by atoms with Crippen molar-refractivity contribution in [2.45, 2.75) is 38.6 Å². The van der Waals surface area contributed by atoms with E-state index in [4.69, 9.17) is 0 Å². The minimum atomic E-state index is -0.405. The fourth-order valence-corrected chi connectivity index (χ4v) is 3.63. The lowest BCUT2D eigenvalue weighted by atomic mass is 9.97. The van der Waals surface area contributed by atoms with Gasteiger partial charge in [-0.25, -0.2) is 4.98 Å². The van der Waals surface area contributed by atoms with E-state index < -0.39 is 4.92 Å². The van der Waals surface area contributed by atoms with Crippen LogP contribution in [0.5, 0.6) is 0 Å². The molecule has 2 aliphatic rings. The lowest BCUT2D eigenvalue weighted by Crippen LogP contribution is -2.45. The third-order valence-corrected chi connectivity index (χ3v) is 5.02. The number of aryl methyl sites for hydroxylation is 1. The van der Waals surface area contributed by atoms with Gasteiger partial charge in [-0.1, -0.05) is 0 Å². The Morgan fingerprint density at radius 3 is 2.96 bits per heavy atom. The fraction of sp³-hybridized carbons (Fsp3) is 0.647. The Morgan fingerprint density at radius 1 is 1.44 bits per heavy atom. The minimum absolute atomic E-state index is 0.0429. The van der Waals surface area contributed by atoms with Crippen molar-refractivity contribution in [2.75, 3.05) is 31.1 Å². The van der Waals surface area contributed by atoms with Gasteiger partial charge in [0.15, 0.2) is 0 Å². The zero-order valence-corrected chi connectivity index (χ0v) is 14.5. The molecule has 2 fully saturated rings. The van der Waals surface area contributed by atoms with Crippen molar-refractivity contribution in [3.8, 4) is 0 Å². The number of aromatic nitrogens is 1. The van der Waals surface area contributed by atoms with E-state index in [1.165, 1.54) is 6.07 Å². The van der Waals surface area contributed by atoms with Crippen LogP contribution in [0.1, 0.15) is 31.4 Å². The third kappa shape index (κ3) is 4.25. The van der Waals surface area contributed by atoms with Gasteiger partial charge in [-0.15, -0.1) is 0 Å². The van der Waals surface area contributed by atoms with Gasteiger partial charge in [0, 0.05) is 25.7 Å². The standard InChI is InChI=1S/C17H25N5O3/c1-12-15(22(24)25)6-7-16(20-12)21-9-3-4-13(11-21)10-19-17(23)14-5-2-8-18-14/h6-7,13-14,18H,2-5,8-11H2,1H3,(H,19,23). The second-order valence-corrected chi connectivity index (χ2v) is 6.88. The number of hydrogen-bond donors (Lipinski definition) is 2. The van der Waals surface area contributed by atoms with E-state index >= 15 is 0 Å². The molecule has 0 aromatic carbocycles. The lowest BCUT2D eigenvalue weighted by Gasteiger charge is -2.34. The first-order chi connectivity index (χ1) is 12.0. The molecule has 3 rings (SSSR count). The van der Waals surface area contributed by atoms with Crippen LogP contribution in [-0.2, 0) is 4.79 Å².